The van der Waals surface area contributed by atoms with Crippen LogP contribution in [0.4, 0.5) is 0 Å². The van der Waals surface area contributed by atoms with Crippen LogP contribution < -0.4 is 0 Å². The highest BCUT2D eigenvalue weighted by Gasteiger charge is 2.18. The average molecular weight is 213 g/mol. The molecule has 1 unspecified atom stereocenters. The van der Waals surface area contributed by atoms with E-state index >= 15 is 0 Å². The zero-order valence-electron chi connectivity index (χ0n) is 8.89. The van der Waals surface area contributed by atoms with Crippen LogP contribution in [0, 0.1) is 0 Å². The minimum absolute atomic E-state index is 0.310. The maximum Gasteiger partial charge on any atom is 0.144 e. The number of aryl methyl sites for hydroxylation is 1. The first kappa shape index (κ1) is 11.1. The maximum atomic E-state index is 11.6. The molecule has 1 atom stereocenters. The van der Waals surface area contributed by atoms with Gasteiger partial charge in [0.05, 0.1) is 16.7 Å². The minimum Gasteiger partial charge on any atom is -0.267 e. The molecule has 0 saturated heterocycles. The van der Waals surface area contributed by atoms with E-state index < -0.39 is 11.0 Å². The lowest BCUT2D eigenvalue weighted by Crippen LogP contribution is -2.19. The minimum atomic E-state index is -1.20. The van der Waals surface area contributed by atoms with Crippen molar-refractivity contribution in [2.45, 2.75) is 25.5 Å². The molecule has 0 N–H and O–H groups in total. The maximum absolute atomic E-state index is 11.6. The van der Waals surface area contributed by atoms with Crippen molar-refractivity contribution >= 4 is 17.2 Å². The van der Waals surface area contributed by atoms with E-state index in [9.17, 15) is 4.21 Å². The number of aromatic nitrogens is 2. The monoisotopic (exact) mass is 213 g/mol. The number of nitrogens with zero attached hydrogens (tertiary/aromatic N) is 3. The van der Waals surface area contributed by atoms with Crippen molar-refractivity contribution in [1.29, 1.82) is 0 Å². The Balaban J connectivity index is 2.75. The molecule has 0 aromatic carbocycles. The van der Waals surface area contributed by atoms with E-state index in [4.69, 9.17) is 0 Å². The van der Waals surface area contributed by atoms with Crippen molar-refractivity contribution in [2.24, 2.45) is 11.4 Å². The van der Waals surface area contributed by atoms with E-state index in [1.54, 1.807) is 17.1 Å². The van der Waals surface area contributed by atoms with Crippen LogP contribution in [-0.4, -0.2) is 25.0 Å². The van der Waals surface area contributed by atoms with Crippen LogP contribution in [0.3, 0.4) is 0 Å². The number of hydrogen-bond donors (Lipinski definition) is 0. The Kier molecular flexibility index (Phi) is 3.21. The predicted molar refractivity (Wildman–Crippen MR) is 58.7 cm³/mol. The Morgan fingerprint density at radius 1 is 1.57 bits per heavy atom. The van der Waals surface area contributed by atoms with E-state index in [-0.39, 0.29) is 4.75 Å². The SMILES string of the molecule is Cn1nccc1C=NS(=O)C(C)(C)C. The molecule has 1 heterocycles. The van der Waals surface area contributed by atoms with Crippen molar-refractivity contribution in [3.05, 3.63) is 18.0 Å². The lowest BCUT2D eigenvalue weighted by Gasteiger charge is -2.12. The Morgan fingerprint density at radius 2 is 2.21 bits per heavy atom. The summed E-state index contributed by atoms with van der Waals surface area (Å²) in [6.45, 7) is 5.68. The molecule has 4 nitrogen and oxygen atoms in total. The fourth-order valence-corrected chi connectivity index (χ4v) is 1.29. The lowest BCUT2D eigenvalue weighted by atomic mass is 10.3. The third-order valence-electron chi connectivity index (χ3n) is 1.66. The molecule has 1 aromatic rings. The van der Waals surface area contributed by atoms with E-state index in [1.165, 1.54) is 0 Å². The molecule has 0 aliphatic heterocycles. The fourth-order valence-electron chi connectivity index (χ4n) is 0.771. The first-order valence-corrected chi connectivity index (χ1v) is 5.46. The van der Waals surface area contributed by atoms with Crippen LogP contribution in [0.1, 0.15) is 26.5 Å². The molecular formula is C9H15N3OS. The quantitative estimate of drug-likeness (QED) is 0.695. The van der Waals surface area contributed by atoms with Crippen molar-refractivity contribution in [3.63, 3.8) is 0 Å². The summed E-state index contributed by atoms with van der Waals surface area (Å²) in [5.74, 6) is 0. The summed E-state index contributed by atoms with van der Waals surface area (Å²) in [5.41, 5.74) is 0.850. The Hall–Kier alpha value is -0.970. The van der Waals surface area contributed by atoms with Crippen LogP contribution >= 0.6 is 0 Å². The van der Waals surface area contributed by atoms with Crippen molar-refractivity contribution in [2.75, 3.05) is 0 Å². The summed E-state index contributed by atoms with van der Waals surface area (Å²) >= 11 is 0. The molecule has 78 valence electrons. The van der Waals surface area contributed by atoms with Crippen LogP contribution in [0.5, 0.6) is 0 Å². The average Bonchev–Trinajstić information content (AvgIpc) is 2.45. The van der Waals surface area contributed by atoms with Gasteiger partial charge in [-0.2, -0.15) is 9.50 Å². The normalized spacial score (nSPS) is 14.9. The first-order valence-electron chi connectivity index (χ1n) is 4.35. The molecular weight excluding hydrogens is 198 g/mol. The first-order chi connectivity index (χ1) is 6.41. The second-order valence-corrected chi connectivity index (χ2v) is 5.91. The van der Waals surface area contributed by atoms with Gasteiger partial charge < -0.3 is 0 Å². The second kappa shape index (κ2) is 4.04. The zero-order chi connectivity index (χ0) is 10.8. The largest absolute Gasteiger partial charge is 0.267 e. The summed E-state index contributed by atoms with van der Waals surface area (Å²) < 4.78 is 16.9. The molecule has 0 aliphatic rings. The molecule has 0 spiro atoms. The number of rotatable bonds is 2. The highest BCUT2D eigenvalue weighted by Crippen LogP contribution is 2.11. The highest BCUT2D eigenvalue weighted by molar-refractivity contribution is 7.85. The predicted octanol–water partition coefficient (Wildman–Crippen LogP) is 1.30. The molecule has 0 radical (unpaired) electrons. The Labute approximate surface area is 86.6 Å². The summed E-state index contributed by atoms with van der Waals surface area (Å²) in [6, 6.07) is 1.82. The van der Waals surface area contributed by atoms with Crippen LogP contribution in [0.2, 0.25) is 0 Å². The topological polar surface area (TPSA) is 47.2 Å². The van der Waals surface area contributed by atoms with E-state index in [1.807, 2.05) is 33.9 Å². The van der Waals surface area contributed by atoms with Gasteiger partial charge in [0.1, 0.15) is 11.0 Å². The van der Waals surface area contributed by atoms with Gasteiger partial charge in [-0.05, 0) is 26.8 Å². The van der Waals surface area contributed by atoms with Gasteiger partial charge in [0.2, 0.25) is 0 Å². The fraction of sp³-hybridized carbons (Fsp3) is 0.556. The zero-order valence-corrected chi connectivity index (χ0v) is 9.71. The smallest absolute Gasteiger partial charge is 0.144 e. The van der Waals surface area contributed by atoms with Gasteiger partial charge in [0, 0.05) is 13.2 Å². The van der Waals surface area contributed by atoms with Crippen LogP contribution in [0.25, 0.3) is 0 Å². The van der Waals surface area contributed by atoms with Gasteiger partial charge in [0.25, 0.3) is 0 Å². The second-order valence-electron chi connectivity index (χ2n) is 3.98. The van der Waals surface area contributed by atoms with Crippen molar-refractivity contribution < 1.29 is 4.21 Å². The molecule has 1 rings (SSSR count). The molecule has 0 fully saturated rings. The van der Waals surface area contributed by atoms with Crippen LogP contribution in [0.15, 0.2) is 16.7 Å². The van der Waals surface area contributed by atoms with Gasteiger partial charge in [-0.25, -0.2) is 4.21 Å². The van der Waals surface area contributed by atoms with E-state index in [2.05, 4.69) is 9.50 Å². The Bertz CT molecular complexity index is 362. The van der Waals surface area contributed by atoms with Gasteiger partial charge >= 0.3 is 0 Å². The lowest BCUT2D eigenvalue weighted by molar-refractivity contribution is 0.651. The van der Waals surface area contributed by atoms with Gasteiger partial charge in [-0.1, -0.05) is 0 Å². The Morgan fingerprint density at radius 3 is 2.64 bits per heavy atom. The summed E-state index contributed by atoms with van der Waals surface area (Å²) in [5, 5.41) is 3.98. The molecule has 5 heteroatoms. The van der Waals surface area contributed by atoms with Gasteiger partial charge in [0.15, 0.2) is 0 Å². The van der Waals surface area contributed by atoms with E-state index in [0.29, 0.717) is 0 Å². The van der Waals surface area contributed by atoms with Gasteiger partial charge in [-0.3, -0.25) is 4.68 Å². The summed E-state index contributed by atoms with van der Waals surface area (Å²) in [7, 11) is 0.619. The van der Waals surface area contributed by atoms with E-state index in [0.717, 1.165) is 5.69 Å². The van der Waals surface area contributed by atoms with Gasteiger partial charge in [-0.15, -0.1) is 0 Å². The summed E-state index contributed by atoms with van der Waals surface area (Å²) in [6.07, 6.45) is 3.27. The molecule has 14 heavy (non-hydrogen) atoms. The molecule has 0 amide bonds. The number of hydrogen-bond acceptors (Lipinski definition) is 2. The summed E-state index contributed by atoms with van der Waals surface area (Å²) in [4.78, 5) is 0. The third-order valence-corrected chi connectivity index (χ3v) is 3.01. The molecule has 0 aliphatic carbocycles. The molecule has 0 saturated carbocycles. The highest BCUT2D eigenvalue weighted by atomic mass is 32.2. The molecule has 0 bridgehead atoms. The van der Waals surface area contributed by atoms with Crippen molar-refractivity contribution in [1.82, 2.24) is 9.78 Å². The molecule has 1 aromatic heterocycles. The standard InChI is InChI=1S/C9H15N3OS/c1-9(2,3)14(13)11-7-8-5-6-10-12(8)4/h5-7H,1-4H3. The third kappa shape index (κ3) is 2.77. The van der Waals surface area contributed by atoms with Crippen LogP contribution in [-0.2, 0) is 18.0 Å². The van der Waals surface area contributed by atoms with Crippen molar-refractivity contribution in [3.8, 4) is 0 Å².